The van der Waals surface area contributed by atoms with Crippen molar-refractivity contribution in [3.8, 4) is 23.2 Å². The Morgan fingerprint density at radius 2 is 1.91 bits per heavy atom. The van der Waals surface area contributed by atoms with Crippen LogP contribution in [0.15, 0.2) is 18.2 Å². The summed E-state index contributed by atoms with van der Waals surface area (Å²) in [7, 11) is 0. The maximum atomic E-state index is 16.8. The number of rotatable bonds is 5. The zero-order valence-electron chi connectivity index (χ0n) is 23.3. The second-order valence-corrected chi connectivity index (χ2v) is 13.6. The first-order chi connectivity index (χ1) is 20.8. The first kappa shape index (κ1) is 27.3. The lowest BCUT2D eigenvalue weighted by atomic mass is 9.95. The van der Waals surface area contributed by atoms with Gasteiger partial charge >= 0.3 is 6.01 Å². The molecule has 12 heteroatoms. The number of nitrogens with two attached hydrogens (primary N) is 1. The molecule has 2 atom stereocenters. The predicted molar refractivity (Wildman–Crippen MR) is 163 cm³/mol. The summed E-state index contributed by atoms with van der Waals surface area (Å²) in [5, 5.41) is 10.8. The lowest BCUT2D eigenvalue weighted by molar-refractivity contribution is 0.0302. The van der Waals surface area contributed by atoms with Crippen LogP contribution in [0.4, 0.5) is 19.6 Å². The molecule has 4 aliphatic rings. The number of benzene rings is 2. The Bertz CT molecular complexity index is 1820. The fraction of sp³-hybridized carbons (Fsp3) is 0.452. The minimum Gasteiger partial charge on any atom is -0.461 e. The van der Waals surface area contributed by atoms with E-state index < -0.39 is 11.6 Å². The Morgan fingerprint density at radius 1 is 1.16 bits per heavy atom. The van der Waals surface area contributed by atoms with E-state index in [2.05, 4.69) is 20.9 Å². The molecular weight excluding hydrogens is 594 g/mol. The summed E-state index contributed by atoms with van der Waals surface area (Å²) in [6, 6.07) is 6.51. The molecule has 4 fully saturated rings. The van der Waals surface area contributed by atoms with Crippen LogP contribution in [0.3, 0.4) is 0 Å². The predicted octanol–water partition coefficient (Wildman–Crippen LogP) is 6.27. The van der Waals surface area contributed by atoms with Crippen LogP contribution in [0.25, 0.3) is 32.1 Å². The van der Waals surface area contributed by atoms with E-state index in [0.29, 0.717) is 30.9 Å². The zero-order chi connectivity index (χ0) is 29.5. The SMILES string of the molecule is N#Cc1c(N)sc2c(F)ccc(-c3c(Cl)cc4c(N5CC6CCC(C5)O6)nc(OCC56CCCN5CCC6)nc4c3F)c12. The third-order valence-electron chi connectivity index (χ3n) is 9.67. The zero-order valence-corrected chi connectivity index (χ0v) is 24.9. The molecule has 8 nitrogen and oxygen atoms in total. The highest BCUT2D eigenvalue weighted by Gasteiger charge is 2.45. The van der Waals surface area contributed by atoms with Crippen molar-refractivity contribution >= 4 is 54.7 Å². The molecule has 4 aromatic rings. The molecule has 0 spiro atoms. The molecule has 0 amide bonds. The van der Waals surface area contributed by atoms with Gasteiger partial charge in [-0.1, -0.05) is 17.7 Å². The number of aromatic nitrogens is 2. The normalized spacial score (nSPS) is 22.9. The Hall–Kier alpha value is -3.30. The molecular formula is C31H29ClF2N6O2S. The maximum Gasteiger partial charge on any atom is 0.319 e. The van der Waals surface area contributed by atoms with Crippen molar-refractivity contribution < 1.29 is 18.3 Å². The van der Waals surface area contributed by atoms with Crippen molar-refractivity contribution in [3.05, 3.63) is 40.4 Å². The van der Waals surface area contributed by atoms with Crippen LogP contribution in [-0.4, -0.2) is 65.4 Å². The largest absolute Gasteiger partial charge is 0.461 e. The van der Waals surface area contributed by atoms with E-state index in [-0.39, 0.29) is 66.1 Å². The van der Waals surface area contributed by atoms with E-state index in [4.69, 9.17) is 31.8 Å². The van der Waals surface area contributed by atoms with Crippen molar-refractivity contribution in [2.24, 2.45) is 0 Å². The standard InChI is InChI=1S/C31H29ClF2N6O2S/c32-21-11-19-26(25(34)24(21)18-5-6-22(33)27-23(18)20(12-35)28(36)43-27)37-30(41-15-31-7-1-9-40(31)10-2-8-31)38-29(19)39-13-16-3-4-17(14-39)42-16/h5-6,11,16-17H,1-4,7-10,13-15,36H2. The van der Waals surface area contributed by atoms with E-state index in [1.165, 1.54) is 12.1 Å². The van der Waals surface area contributed by atoms with Gasteiger partial charge in [-0.15, -0.1) is 11.3 Å². The van der Waals surface area contributed by atoms with Crippen LogP contribution in [0.2, 0.25) is 5.02 Å². The van der Waals surface area contributed by atoms with Gasteiger partial charge in [0.2, 0.25) is 0 Å². The number of thiophene rings is 1. The van der Waals surface area contributed by atoms with Gasteiger partial charge in [-0.2, -0.15) is 15.2 Å². The van der Waals surface area contributed by atoms with Gasteiger partial charge in [-0.25, -0.2) is 8.78 Å². The Labute approximate surface area is 255 Å². The van der Waals surface area contributed by atoms with Crippen molar-refractivity contribution in [1.29, 1.82) is 5.26 Å². The summed E-state index contributed by atoms with van der Waals surface area (Å²) >= 11 is 7.79. The minimum absolute atomic E-state index is 0.0301. The van der Waals surface area contributed by atoms with Crippen molar-refractivity contribution in [2.45, 2.75) is 56.3 Å². The lowest BCUT2D eigenvalue weighted by Gasteiger charge is -2.34. The molecule has 4 aliphatic heterocycles. The van der Waals surface area contributed by atoms with E-state index >= 15 is 4.39 Å². The fourth-order valence-corrected chi connectivity index (χ4v) is 8.91. The lowest BCUT2D eigenvalue weighted by Crippen LogP contribution is -2.44. The fourth-order valence-electron chi connectivity index (χ4n) is 7.67. The Morgan fingerprint density at radius 3 is 2.63 bits per heavy atom. The van der Waals surface area contributed by atoms with E-state index in [1.54, 1.807) is 6.07 Å². The number of anilines is 2. The summed E-state index contributed by atoms with van der Waals surface area (Å²) in [4.78, 5) is 14.1. The highest BCUT2D eigenvalue weighted by molar-refractivity contribution is 7.23. The van der Waals surface area contributed by atoms with Crippen LogP contribution in [0.1, 0.15) is 44.1 Å². The van der Waals surface area contributed by atoms with Crippen LogP contribution < -0.4 is 15.4 Å². The summed E-state index contributed by atoms with van der Waals surface area (Å²) < 4.78 is 44.2. The molecule has 222 valence electrons. The second kappa shape index (κ2) is 10.1. The molecule has 0 radical (unpaired) electrons. The highest BCUT2D eigenvalue weighted by Crippen LogP contribution is 2.46. The van der Waals surface area contributed by atoms with Gasteiger partial charge in [0, 0.05) is 29.4 Å². The third-order valence-corrected chi connectivity index (χ3v) is 11.0. The van der Waals surface area contributed by atoms with Gasteiger partial charge in [-0.05, 0) is 69.3 Å². The van der Waals surface area contributed by atoms with E-state index in [9.17, 15) is 9.65 Å². The number of halogens is 3. The van der Waals surface area contributed by atoms with Crippen LogP contribution in [0.5, 0.6) is 6.01 Å². The molecule has 43 heavy (non-hydrogen) atoms. The van der Waals surface area contributed by atoms with Crippen molar-refractivity contribution in [2.75, 3.05) is 43.4 Å². The molecule has 2 bridgehead atoms. The number of hydrogen-bond donors (Lipinski definition) is 1. The molecule has 2 N–H and O–H groups in total. The molecule has 0 aliphatic carbocycles. The van der Waals surface area contributed by atoms with Crippen LogP contribution in [-0.2, 0) is 4.74 Å². The van der Waals surface area contributed by atoms with Crippen molar-refractivity contribution in [3.63, 3.8) is 0 Å². The van der Waals surface area contributed by atoms with Gasteiger partial charge in [0.15, 0.2) is 5.82 Å². The van der Waals surface area contributed by atoms with Crippen LogP contribution >= 0.6 is 22.9 Å². The summed E-state index contributed by atoms with van der Waals surface area (Å²) in [6.07, 6.45) is 6.47. The van der Waals surface area contributed by atoms with Gasteiger partial charge in [-0.3, -0.25) is 4.90 Å². The number of hydrogen-bond acceptors (Lipinski definition) is 9. The Kier molecular flexibility index (Phi) is 6.42. The highest BCUT2D eigenvalue weighted by atomic mass is 35.5. The number of fused-ring (bicyclic) bond motifs is 5. The number of nitriles is 1. The summed E-state index contributed by atoms with van der Waals surface area (Å²) in [6.45, 7) is 3.80. The summed E-state index contributed by atoms with van der Waals surface area (Å²) in [5.41, 5.74) is 6.50. The topological polar surface area (TPSA) is 101 Å². The quantitative estimate of drug-likeness (QED) is 0.278. The number of ether oxygens (including phenoxy) is 2. The number of nitrogen functional groups attached to an aromatic ring is 1. The molecule has 2 aromatic carbocycles. The monoisotopic (exact) mass is 622 g/mol. The number of morpholine rings is 1. The van der Waals surface area contributed by atoms with E-state index in [0.717, 1.165) is 63.0 Å². The first-order valence-electron chi connectivity index (χ1n) is 14.7. The maximum absolute atomic E-state index is 16.8. The average Bonchev–Trinajstić information content (AvgIpc) is 3.75. The second-order valence-electron chi connectivity index (χ2n) is 12.1. The van der Waals surface area contributed by atoms with E-state index in [1.807, 2.05) is 0 Å². The molecule has 6 heterocycles. The molecule has 2 aromatic heterocycles. The van der Waals surface area contributed by atoms with Gasteiger partial charge in [0.05, 0.1) is 33.0 Å². The number of nitrogens with zero attached hydrogens (tertiary/aromatic N) is 5. The molecule has 8 rings (SSSR count). The third kappa shape index (κ3) is 4.25. The molecule has 2 unspecified atom stereocenters. The smallest absolute Gasteiger partial charge is 0.319 e. The average molecular weight is 623 g/mol. The summed E-state index contributed by atoms with van der Waals surface area (Å²) in [5.74, 6) is -0.666. The van der Waals surface area contributed by atoms with Gasteiger partial charge in [0.1, 0.15) is 34.8 Å². The van der Waals surface area contributed by atoms with Gasteiger partial charge in [0.25, 0.3) is 0 Å². The molecule has 0 saturated carbocycles. The molecule has 4 saturated heterocycles. The Balaban J connectivity index is 1.30. The van der Waals surface area contributed by atoms with Gasteiger partial charge < -0.3 is 20.1 Å². The van der Waals surface area contributed by atoms with Crippen LogP contribution in [0, 0.1) is 23.0 Å². The first-order valence-corrected chi connectivity index (χ1v) is 15.9. The van der Waals surface area contributed by atoms with Crippen molar-refractivity contribution in [1.82, 2.24) is 14.9 Å². The minimum atomic E-state index is -0.685.